The molecule has 1 heterocycles. The van der Waals surface area contributed by atoms with E-state index in [1.165, 1.54) is 0 Å². The minimum atomic E-state index is 0.0331. The summed E-state index contributed by atoms with van der Waals surface area (Å²) >= 11 is 0. The van der Waals surface area contributed by atoms with Crippen molar-refractivity contribution in [3.63, 3.8) is 0 Å². The van der Waals surface area contributed by atoms with E-state index in [1.54, 1.807) is 0 Å². The van der Waals surface area contributed by atoms with E-state index in [1.807, 2.05) is 42.6 Å². The number of aliphatic hydroxyl groups excluding tert-OH is 1. The number of anilines is 1. The maximum Gasteiger partial charge on any atom is 0.148 e. The van der Waals surface area contributed by atoms with Crippen molar-refractivity contribution >= 4 is 5.82 Å². The van der Waals surface area contributed by atoms with E-state index < -0.39 is 0 Å². The van der Waals surface area contributed by atoms with E-state index in [9.17, 15) is 0 Å². The molecular weight excluding hydrogens is 350 g/mol. The molecule has 3 aromatic rings. The molecule has 5 heteroatoms. The highest BCUT2D eigenvalue weighted by atomic mass is 16.5. The van der Waals surface area contributed by atoms with Crippen molar-refractivity contribution in [2.75, 3.05) is 31.3 Å². The van der Waals surface area contributed by atoms with Gasteiger partial charge in [0.1, 0.15) is 5.82 Å². The lowest BCUT2D eigenvalue weighted by Gasteiger charge is -2.28. The molecule has 1 aromatic heterocycles. The molecule has 0 radical (unpaired) electrons. The summed E-state index contributed by atoms with van der Waals surface area (Å²) in [5.41, 5.74) is 3.82. The first kappa shape index (κ1) is 20.0. The van der Waals surface area contributed by atoms with E-state index >= 15 is 0 Å². The fourth-order valence-electron chi connectivity index (χ4n) is 3.09. The average molecular weight is 377 g/mol. The number of rotatable bonds is 9. The summed E-state index contributed by atoms with van der Waals surface area (Å²) in [6.45, 7) is 5.85. The molecule has 0 saturated heterocycles. The average Bonchev–Trinajstić information content (AvgIpc) is 2.74. The van der Waals surface area contributed by atoms with Crippen LogP contribution >= 0.6 is 0 Å². The van der Waals surface area contributed by atoms with Crippen molar-refractivity contribution in [2.45, 2.75) is 19.9 Å². The molecule has 0 atom stereocenters. The summed E-state index contributed by atoms with van der Waals surface area (Å²) in [6.07, 6.45) is 1.83. The first-order chi connectivity index (χ1) is 13.7. The maximum atomic E-state index is 8.90. The van der Waals surface area contributed by atoms with Gasteiger partial charge in [-0.1, -0.05) is 60.7 Å². The third-order valence-corrected chi connectivity index (χ3v) is 4.48. The summed E-state index contributed by atoms with van der Waals surface area (Å²) in [4.78, 5) is 12.0. The zero-order valence-electron chi connectivity index (χ0n) is 16.5. The Morgan fingerprint density at radius 3 is 2.07 bits per heavy atom. The highest BCUT2D eigenvalue weighted by molar-refractivity contribution is 5.78. The number of hydrogen-bond acceptors (Lipinski definition) is 5. The fourth-order valence-corrected chi connectivity index (χ4v) is 3.09. The molecule has 0 amide bonds. The van der Waals surface area contributed by atoms with Crippen LogP contribution in [-0.4, -0.2) is 47.5 Å². The van der Waals surface area contributed by atoms with E-state index in [-0.39, 0.29) is 12.6 Å². The monoisotopic (exact) mass is 377 g/mol. The van der Waals surface area contributed by atoms with Crippen LogP contribution in [0.4, 0.5) is 5.82 Å². The highest BCUT2D eigenvalue weighted by Gasteiger charge is 2.17. The van der Waals surface area contributed by atoms with Gasteiger partial charge in [-0.25, -0.2) is 4.98 Å². The largest absolute Gasteiger partial charge is 0.394 e. The molecule has 28 heavy (non-hydrogen) atoms. The first-order valence-corrected chi connectivity index (χ1v) is 9.64. The number of benzene rings is 2. The molecule has 146 valence electrons. The summed E-state index contributed by atoms with van der Waals surface area (Å²) in [6, 6.07) is 20.5. The van der Waals surface area contributed by atoms with Gasteiger partial charge in [-0.05, 0) is 13.8 Å². The van der Waals surface area contributed by atoms with Gasteiger partial charge >= 0.3 is 0 Å². The Balaban J connectivity index is 1.99. The number of aromatic nitrogens is 2. The first-order valence-electron chi connectivity index (χ1n) is 9.64. The smallest absolute Gasteiger partial charge is 0.148 e. The van der Waals surface area contributed by atoms with Gasteiger partial charge in [0.15, 0.2) is 0 Å². The van der Waals surface area contributed by atoms with Gasteiger partial charge < -0.3 is 14.7 Å². The van der Waals surface area contributed by atoms with Crippen LogP contribution in [0, 0.1) is 0 Å². The van der Waals surface area contributed by atoms with Crippen LogP contribution in [0.5, 0.6) is 0 Å². The molecular formula is C23H27N3O2. The van der Waals surface area contributed by atoms with E-state index in [0.717, 1.165) is 28.3 Å². The molecule has 0 aliphatic heterocycles. The van der Waals surface area contributed by atoms with Crippen molar-refractivity contribution in [1.29, 1.82) is 0 Å². The third kappa shape index (κ3) is 4.94. The Bertz CT molecular complexity index is 854. The molecule has 5 nitrogen and oxygen atoms in total. The predicted molar refractivity (Wildman–Crippen MR) is 113 cm³/mol. The SMILES string of the molecule is CC(C)N(CCOCCO)c1cnc(-c2ccccc2)c(-c2ccccc2)n1. The lowest BCUT2D eigenvalue weighted by Crippen LogP contribution is -2.35. The number of ether oxygens (including phenoxy) is 1. The van der Waals surface area contributed by atoms with Crippen LogP contribution in [0.1, 0.15) is 13.8 Å². The van der Waals surface area contributed by atoms with Gasteiger partial charge in [-0.15, -0.1) is 0 Å². The third-order valence-electron chi connectivity index (χ3n) is 4.48. The maximum absolute atomic E-state index is 8.90. The lowest BCUT2D eigenvalue weighted by molar-refractivity contribution is 0.0960. The van der Waals surface area contributed by atoms with Gasteiger partial charge in [-0.3, -0.25) is 4.98 Å². The van der Waals surface area contributed by atoms with Crippen molar-refractivity contribution in [1.82, 2.24) is 9.97 Å². The zero-order chi connectivity index (χ0) is 19.8. The Labute approximate surface area is 166 Å². The van der Waals surface area contributed by atoms with Crippen LogP contribution < -0.4 is 4.90 Å². The van der Waals surface area contributed by atoms with Crippen LogP contribution in [0.15, 0.2) is 66.9 Å². The van der Waals surface area contributed by atoms with Gasteiger partial charge in [0, 0.05) is 23.7 Å². The Morgan fingerprint density at radius 2 is 1.50 bits per heavy atom. The molecule has 0 bridgehead atoms. The second kappa shape index (κ2) is 9.97. The van der Waals surface area contributed by atoms with Gasteiger partial charge in [0.25, 0.3) is 0 Å². The van der Waals surface area contributed by atoms with Crippen LogP contribution in [0.25, 0.3) is 22.5 Å². The van der Waals surface area contributed by atoms with Crippen molar-refractivity contribution < 1.29 is 9.84 Å². The minimum Gasteiger partial charge on any atom is -0.394 e. The number of aliphatic hydroxyl groups is 1. The molecule has 2 aromatic carbocycles. The fraction of sp³-hybridized carbons (Fsp3) is 0.304. The van der Waals surface area contributed by atoms with Gasteiger partial charge in [-0.2, -0.15) is 0 Å². The van der Waals surface area contributed by atoms with Gasteiger partial charge in [0.2, 0.25) is 0 Å². The summed E-state index contributed by atoms with van der Waals surface area (Å²) < 4.78 is 5.45. The molecule has 0 aliphatic carbocycles. The Hall–Kier alpha value is -2.76. The van der Waals surface area contributed by atoms with Crippen LogP contribution in [-0.2, 0) is 4.74 Å². The molecule has 0 spiro atoms. The van der Waals surface area contributed by atoms with Gasteiger partial charge in [0.05, 0.1) is 37.4 Å². The molecule has 0 unspecified atom stereocenters. The molecule has 1 N–H and O–H groups in total. The number of hydrogen-bond donors (Lipinski definition) is 1. The Kier molecular flexibility index (Phi) is 7.12. The standard InChI is InChI=1S/C23H27N3O2/c1-18(2)26(13-15-28-16-14-27)21-17-24-22(19-9-5-3-6-10-19)23(25-21)20-11-7-4-8-12-20/h3-12,17-18,27H,13-16H2,1-2H3. The predicted octanol–water partition coefficient (Wildman–Crippen LogP) is 4.03. The molecule has 0 saturated carbocycles. The number of nitrogens with zero attached hydrogens (tertiary/aromatic N) is 3. The van der Waals surface area contributed by atoms with Crippen LogP contribution in [0.3, 0.4) is 0 Å². The lowest BCUT2D eigenvalue weighted by atomic mass is 10.0. The summed E-state index contributed by atoms with van der Waals surface area (Å²) in [7, 11) is 0. The van der Waals surface area contributed by atoms with Crippen LogP contribution in [0.2, 0.25) is 0 Å². The second-order valence-electron chi connectivity index (χ2n) is 6.78. The van der Waals surface area contributed by atoms with Crippen molar-refractivity contribution in [2.24, 2.45) is 0 Å². The quantitative estimate of drug-likeness (QED) is 0.571. The Morgan fingerprint density at radius 1 is 0.893 bits per heavy atom. The van der Waals surface area contributed by atoms with E-state index in [2.05, 4.69) is 43.0 Å². The highest BCUT2D eigenvalue weighted by Crippen LogP contribution is 2.30. The minimum absolute atomic E-state index is 0.0331. The van der Waals surface area contributed by atoms with Crippen molar-refractivity contribution in [3.05, 3.63) is 66.9 Å². The van der Waals surface area contributed by atoms with E-state index in [4.69, 9.17) is 19.8 Å². The summed E-state index contributed by atoms with van der Waals surface area (Å²) in [5.74, 6) is 0.820. The summed E-state index contributed by atoms with van der Waals surface area (Å²) in [5, 5.41) is 8.90. The topological polar surface area (TPSA) is 58.5 Å². The zero-order valence-corrected chi connectivity index (χ0v) is 16.5. The molecule has 3 rings (SSSR count). The molecule has 0 fully saturated rings. The van der Waals surface area contributed by atoms with Crippen molar-refractivity contribution in [3.8, 4) is 22.5 Å². The normalized spacial score (nSPS) is 11.0. The second-order valence-corrected chi connectivity index (χ2v) is 6.78. The van der Waals surface area contributed by atoms with E-state index in [0.29, 0.717) is 19.8 Å². The molecule has 0 aliphatic rings.